The van der Waals surface area contributed by atoms with Crippen LogP contribution in [-0.2, 0) is 5.75 Å². The minimum absolute atomic E-state index is 0. The van der Waals surface area contributed by atoms with E-state index in [1.165, 1.54) is 0 Å². The minimum Gasteiger partial charge on any atom is -0.359 e. The Morgan fingerprint density at radius 2 is 2.44 bits per heavy atom. The van der Waals surface area contributed by atoms with Crippen LogP contribution in [0.1, 0.15) is 11.4 Å². The SMILES string of the molecule is CN/C(=N/C#N)NCCSCc1nc[nH]c1C.[MgH2]. The lowest BCUT2D eigenvalue weighted by Gasteiger charge is -2.06. The van der Waals surface area contributed by atoms with Crippen LogP contribution in [0.25, 0.3) is 0 Å². The van der Waals surface area contributed by atoms with E-state index in [-0.39, 0.29) is 23.1 Å². The Kier molecular flexibility index (Phi) is 9.54. The summed E-state index contributed by atoms with van der Waals surface area (Å²) >= 11 is 1.79. The van der Waals surface area contributed by atoms with Crippen molar-refractivity contribution in [1.82, 2.24) is 20.6 Å². The molecular weight excluding hydrogens is 261 g/mol. The van der Waals surface area contributed by atoms with Crippen LogP contribution in [0.3, 0.4) is 0 Å². The Morgan fingerprint density at radius 3 is 3.00 bits per heavy atom. The molecular formula is C10H18MgN6S. The molecule has 6 nitrogen and oxygen atoms in total. The summed E-state index contributed by atoms with van der Waals surface area (Å²) in [4.78, 5) is 10.8. The fraction of sp³-hybridized carbons (Fsp3) is 0.500. The molecule has 18 heavy (non-hydrogen) atoms. The molecule has 0 aliphatic heterocycles. The summed E-state index contributed by atoms with van der Waals surface area (Å²) in [6, 6.07) is 0. The van der Waals surface area contributed by atoms with Crippen LogP contribution >= 0.6 is 11.8 Å². The second-order valence-electron chi connectivity index (χ2n) is 3.26. The summed E-state index contributed by atoms with van der Waals surface area (Å²) in [6.45, 7) is 2.77. The minimum atomic E-state index is 0. The van der Waals surface area contributed by atoms with E-state index in [4.69, 9.17) is 5.26 Å². The van der Waals surface area contributed by atoms with Gasteiger partial charge in [-0.25, -0.2) is 4.98 Å². The Hall–Kier alpha value is -0.914. The third kappa shape index (κ3) is 6.14. The van der Waals surface area contributed by atoms with Crippen molar-refractivity contribution in [2.45, 2.75) is 12.7 Å². The molecule has 0 bridgehead atoms. The molecule has 1 aromatic rings. The summed E-state index contributed by atoms with van der Waals surface area (Å²) in [7, 11) is 1.73. The molecule has 0 amide bonds. The topological polar surface area (TPSA) is 88.9 Å². The fourth-order valence-corrected chi connectivity index (χ4v) is 2.05. The number of hydrogen-bond acceptors (Lipinski definition) is 4. The molecule has 0 aliphatic rings. The van der Waals surface area contributed by atoms with Crippen molar-refractivity contribution < 1.29 is 0 Å². The van der Waals surface area contributed by atoms with Gasteiger partial charge in [-0.2, -0.15) is 17.0 Å². The summed E-state index contributed by atoms with van der Waals surface area (Å²) < 4.78 is 0. The smallest absolute Gasteiger partial charge is 0.316 e. The highest BCUT2D eigenvalue weighted by Gasteiger charge is 2.00. The molecule has 0 aliphatic carbocycles. The molecule has 0 saturated heterocycles. The zero-order chi connectivity index (χ0) is 12.5. The number of nitrogens with one attached hydrogen (secondary N) is 3. The highest BCUT2D eigenvalue weighted by molar-refractivity contribution is 7.98. The lowest BCUT2D eigenvalue weighted by atomic mass is 10.4. The van der Waals surface area contributed by atoms with Crippen LogP contribution in [-0.4, -0.2) is 58.3 Å². The van der Waals surface area contributed by atoms with Gasteiger partial charge >= 0.3 is 23.1 Å². The first-order chi connectivity index (χ1) is 8.27. The molecule has 96 valence electrons. The Labute approximate surface area is 127 Å². The second kappa shape index (κ2) is 10.1. The van der Waals surface area contributed by atoms with Crippen LogP contribution < -0.4 is 10.6 Å². The number of H-pyrrole nitrogens is 1. The number of aryl methyl sites for hydroxylation is 1. The third-order valence-electron chi connectivity index (χ3n) is 2.11. The average molecular weight is 279 g/mol. The fourth-order valence-electron chi connectivity index (χ4n) is 1.18. The zero-order valence-electron chi connectivity index (χ0n) is 9.95. The summed E-state index contributed by atoms with van der Waals surface area (Å²) in [5.74, 6) is 2.32. The van der Waals surface area contributed by atoms with E-state index in [1.807, 2.05) is 6.92 Å². The van der Waals surface area contributed by atoms with Gasteiger partial charge in [0.2, 0.25) is 12.2 Å². The maximum absolute atomic E-state index is 8.39. The van der Waals surface area contributed by atoms with Gasteiger partial charge in [-0.15, -0.1) is 4.99 Å². The van der Waals surface area contributed by atoms with Gasteiger partial charge in [0.25, 0.3) is 0 Å². The van der Waals surface area contributed by atoms with Gasteiger partial charge in [-0.3, -0.25) is 0 Å². The number of thioether (sulfide) groups is 1. The Balaban J connectivity index is 0.00000289. The number of imidazole rings is 1. The first-order valence-electron chi connectivity index (χ1n) is 5.23. The van der Waals surface area contributed by atoms with Gasteiger partial charge in [-0.1, -0.05) is 0 Å². The quantitative estimate of drug-likeness (QED) is 0.226. The molecule has 8 heteroatoms. The summed E-state index contributed by atoms with van der Waals surface area (Å²) in [5.41, 5.74) is 2.21. The molecule has 3 N–H and O–H groups in total. The largest absolute Gasteiger partial charge is 0.359 e. The first kappa shape index (κ1) is 17.1. The second-order valence-corrected chi connectivity index (χ2v) is 4.37. The van der Waals surface area contributed by atoms with E-state index in [2.05, 4.69) is 25.6 Å². The van der Waals surface area contributed by atoms with E-state index in [9.17, 15) is 0 Å². The normalized spacial score (nSPS) is 10.4. The maximum atomic E-state index is 8.39. The molecule has 0 atom stereocenters. The van der Waals surface area contributed by atoms with E-state index >= 15 is 0 Å². The lowest BCUT2D eigenvalue weighted by Crippen LogP contribution is -2.35. The molecule has 1 heterocycles. The molecule has 0 spiro atoms. The van der Waals surface area contributed by atoms with Crippen LogP contribution in [0.4, 0.5) is 0 Å². The van der Waals surface area contributed by atoms with Gasteiger partial charge in [-0.05, 0) is 6.92 Å². The number of nitriles is 1. The average Bonchev–Trinajstić information content (AvgIpc) is 2.73. The number of nitrogens with zero attached hydrogens (tertiary/aromatic N) is 3. The lowest BCUT2D eigenvalue weighted by molar-refractivity contribution is 0.917. The molecule has 1 aromatic heterocycles. The van der Waals surface area contributed by atoms with Gasteiger partial charge in [0, 0.05) is 30.8 Å². The van der Waals surface area contributed by atoms with E-state index in [1.54, 1.807) is 31.3 Å². The summed E-state index contributed by atoms with van der Waals surface area (Å²) in [6.07, 6.45) is 3.44. The van der Waals surface area contributed by atoms with Crippen LogP contribution in [0, 0.1) is 18.4 Å². The van der Waals surface area contributed by atoms with Gasteiger partial charge in [0.05, 0.1) is 12.0 Å². The molecule has 0 fully saturated rings. The van der Waals surface area contributed by atoms with E-state index < -0.39 is 0 Å². The van der Waals surface area contributed by atoms with Gasteiger partial charge in [0.1, 0.15) is 0 Å². The van der Waals surface area contributed by atoms with Crippen molar-refractivity contribution in [1.29, 1.82) is 5.26 Å². The van der Waals surface area contributed by atoms with Crippen molar-refractivity contribution in [3.8, 4) is 6.19 Å². The first-order valence-corrected chi connectivity index (χ1v) is 6.38. The number of aliphatic imine (C=N–C) groups is 1. The highest BCUT2D eigenvalue weighted by atomic mass is 32.2. The Bertz CT molecular complexity index is 411. The summed E-state index contributed by atoms with van der Waals surface area (Å²) in [5, 5.41) is 14.2. The van der Waals surface area contributed by atoms with Gasteiger partial charge < -0.3 is 15.6 Å². The van der Waals surface area contributed by atoms with Crippen LogP contribution in [0.2, 0.25) is 0 Å². The Morgan fingerprint density at radius 1 is 1.67 bits per heavy atom. The molecule has 0 saturated carbocycles. The number of aromatic nitrogens is 2. The highest BCUT2D eigenvalue weighted by Crippen LogP contribution is 2.11. The number of aromatic amines is 1. The van der Waals surface area contributed by atoms with E-state index in [0.29, 0.717) is 5.96 Å². The number of rotatable bonds is 5. The van der Waals surface area contributed by atoms with Crippen molar-refractivity contribution in [2.75, 3.05) is 19.3 Å². The standard InChI is InChI=1S/C10H16N6S.Mg.2H/c1-8-9(16-7-15-8)5-17-4-3-13-10(12-2)14-6-11;;;/h7H,3-5H2,1-2H3,(H,15,16)(H2,12,13,14);;;. The zero-order valence-corrected chi connectivity index (χ0v) is 10.8. The van der Waals surface area contributed by atoms with Crippen LogP contribution in [0.5, 0.6) is 0 Å². The van der Waals surface area contributed by atoms with Crippen molar-refractivity contribution in [3.63, 3.8) is 0 Å². The predicted molar refractivity (Wildman–Crippen MR) is 78.1 cm³/mol. The van der Waals surface area contributed by atoms with Crippen molar-refractivity contribution in [2.24, 2.45) is 4.99 Å². The predicted octanol–water partition coefficient (Wildman–Crippen LogP) is -0.319. The maximum Gasteiger partial charge on any atom is 0.316 e. The molecule has 0 radical (unpaired) electrons. The monoisotopic (exact) mass is 278 g/mol. The van der Waals surface area contributed by atoms with Crippen molar-refractivity contribution in [3.05, 3.63) is 17.7 Å². The van der Waals surface area contributed by atoms with Crippen LogP contribution in [0.15, 0.2) is 11.3 Å². The third-order valence-corrected chi connectivity index (χ3v) is 3.08. The van der Waals surface area contributed by atoms with Gasteiger partial charge in [0.15, 0.2) is 0 Å². The van der Waals surface area contributed by atoms with E-state index in [0.717, 1.165) is 29.4 Å². The number of guanidine groups is 1. The molecule has 0 unspecified atom stereocenters. The molecule has 0 aromatic carbocycles. The van der Waals surface area contributed by atoms with Crippen molar-refractivity contribution >= 4 is 40.8 Å². The number of hydrogen-bond donors (Lipinski definition) is 3. The molecule has 1 rings (SSSR count).